The summed E-state index contributed by atoms with van der Waals surface area (Å²) in [5.74, 6) is 0.841. The molecule has 4 rings (SSSR count). The van der Waals surface area contributed by atoms with E-state index in [2.05, 4.69) is 23.5 Å². The second-order valence-electron chi connectivity index (χ2n) is 9.40. The molecular weight excluding hydrogens is 513 g/mol. The third-order valence-corrected chi connectivity index (χ3v) is 7.20. The number of amides is 1. The maximum absolute atomic E-state index is 13.3. The summed E-state index contributed by atoms with van der Waals surface area (Å²) in [5.41, 5.74) is 5.53. The van der Waals surface area contributed by atoms with Crippen molar-refractivity contribution in [3.8, 4) is 22.6 Å². The Balaban J connectivity index is 0.00000441. The molecule has 0 radical (unpaired) electrons. The second-order valence-corrected chi connectivity index (χ2v) is 10.4. The number of aliphatic carboxylic acids is 1. The maximum atomic E-state index is 13.3. The summed E-state index contributed by atoms with van der Waals surface area (Å²) in [6.45, 7) is 2.01. The molecule has 0 aromatic heterocycles. The van der Waals surface area contributed by atoms with Gasteiger partial charge >= 0.3 is 24.8 Å². The van der Waals surface area contributed by atoms with Gasteiger partial charge in [0.2, 0.25) is 0 Å². The number of aryl methyl sites for hydroxylation is 3. The molecule has 5 nitrogen and oxygen atoms in total. The van der Waals surface area contributed by atoms with Crippen molar-refractivity contribution in [2.45, 2.75) is 32.2 Å². The zero-order valence-corrected chi connectivity index (χ0v) is 24.0. The number of hydrogen-bond acceptors (Lipinski definition) is 4. The van der Waals surface area contributed by atoms with E-state index in [1.807, 2.05) is 92.0 Å². The number of para-hydroxylation sites is 1. The molecule has 0 fully saturated rings. The minimum Gasteiger partial charge on any atom is -0.480 e. The number of rotatable bonds is 12. The van der Waals surface area contributed by atoms with Gasteiger partial charge < -0.3 is 15.2 Å². The molecule has 7 heteroatoms. The van der Waals surface area contributed by atoms with E-state index in [0.717, 1.165) is 52.2 Å². The number of carboxylic acids is 1. The number of hydrogen-bond donors (Lipinski definition) is 2. The van der Waals surface area contributed by atoms with Crippen LogP contribution in [0.25, 0.3) is 11.1 Å². The number of nitrogens with one attached hydrogen (secondary N) is 1. The first-order chi connectivity index (χ1) is 18.9. The summed E-state index contributed by atoms with van der Waals surface area (Å²) in [6, 6.07) is 30.6. The number of carbonyl (C=O) groups excluding carboxylic acids is 1. The predicted octanol–water partition coefficient (Wildman–Crippen LogP) is 4.18. The molecular formula is C33H33LiNO4S+. The molecule has 0 saturated carbocycles. The van der Waals surface area contributed by atoms with E-state index in [1.165, 1.54) is 0 Å². The van der Waals surface area contributed by atoms with Crippen LogP contribution in [0, 0.1) is 6.92 Å². The van der Waals surface area contributed by atoms with Crippen molar-refractivity contribution in [3.05, 3.63) is 119 Å². The Morgan fingerprint density at radius 2 is 1.50 bits per heavy atom. The van der Waals surface area contributed by atoms with E-state index in [4.69, 9.17) is 4.74 Å². The molecule has 0 aliphatic carbocycles. The van der Waals surface area contributed by atoms with Crippen molar-refractivity contribution in [2.24, 2.45) is 0 Å². The number of carboxylic acid groups (broad SMARTS) is 1. The minimum atomic E-state index is -1.02. The molecule has 1 atom stereocenters. The molecule has 0 aliphatic rings. The van der Waals surface area contributed by atoms with Gasteiger partial charge in [-0.1, -0.05) is 66.7 Å². The van der Waals surface area contributed by atoms with Gasteiger partial charge in [0.05, 0.1) is 0 Å². The summed E-state index contributed by atoms with van der Waals surface area (Å²) < 4.78 is 5.99. The quantitative estimate of drug-likeness (QED) is 0.261. The van der Waals surface area contributed by atoms with Gasteiger partial charge in [0.25, 0.3) is 5.91 Å². The van der Waals surface area contributed by atoms with Gasteiger partial charge in [0, 0.05) is 5.56 Å². The Morgan fingerprint density at radius 1 is 0.825 bits per heavy atom. The molecule has 0 aliphatic heterocycles. The van der Waals surface area contributed by atoms with Crippen molar-refractivity contribution in [2.75, 3.05) is 12.0 Å². The Morgan fingerprint density at radius 3 is 2.20 bits per heavy atom. The molecule has 0 saturated heterocycles. The molecule has 0 spiro atoms. The van der Waals surface area contributed by atoms with Crippen LogP contribution in [0.5, 0.6) is 11.5 Å². The fraction of sp³-hybridized carbons (Fsp3) is 0.212. The van der Waals surface area contributed by atoms with Gasteiger partial charge in [-0.05, 0) is 96.3 Å². The van der Waals surface area contributed by atoms with Crippen LogP contribution < -0.4 is 28.9 Å². The van der Waals surface area contributed by atoms with Crippen molar-refractivity contribution < 1.29 is 38.3 Å². The largest absolute Gasteiger partial charge is 1.00 e. The molecule has 40 heavy (non-hydrogen) atoms. The van der Waals surface area contributed by atoms with Crippen molar-refractivity contribution in [3.63, 3.8) is 0 Å². The Kier molecular flexibility index (Phi) is 12.0. The predicted molar refractivity (Wildman–Crippen MR) is 159 cm³/mol. The van der Waals surface area contributed by atoms with E-state index in [9.17, 15) is 14.7 Å². The van der Waals surface area contributed by atoms with Crippen molar-refractivity contribution in [1.82, 2.24) is 5.32 Å². The first-order valence-electron chi connectivity index (χ1n) is 13.0. The fourth-order valence-electron chi connectivity index (χ4n) is 4.45. The summed E-state index contributed by atoms with van der Waals surface area (Å²) >= 11 is 1.56. The van der Waals surface area contributed by atoms with Crippen LogP contribution in [0.4, 0.5) is 0 Å². The summed E-state index contributed by atoms with van der Waals surface area (Å²) in [4.78, 5) is 25.1. The van der Waals surface area contributed by atoms with Crippen LogP contribution in [0.15, 0.2) is 97.1 Å². The standard InChI is InChI=1S/C33H33NO4S.Li/c1-23-9-6-7-14-28(23)30-22-25(17-18-29(30)32(35)34-31(33(36)37)19-20-39-2)16-15-24-10-8-13-27(21-24)38-26-11-4-3-5-12-26;/h3-14,17-18,21-22,31H,15-16,19-20H2,1-2H3,(H,34,35)(H,36,37);/q;+1. The van der Waals surface area contributed by atoms with E-state index in [1.54, 1.807) is 11.8 Å². The van der Waals surface area contributed by atoms with Crippen LogP contribution in [0.2, 0.25) is 0 Å². The molecule has 2 N–H and O–H groups in total. The first kappa shape index (κ1) is 31.1. The van der Waals surface area contributed by atoms with Gasteiger partial charge in [-0.15, -0.1) is 0 Å². The zero-order valence-electron chi connectivity index (χ0n) is 23.2. The average molecular weight is 547 g/mol. The molecule has 4 aromatic rings. The number of thioether (sulfide) groups is 1. The topological polar surface area (TPSA) is 75.6 Å². The van der Waals surface area contributed by atoms with Gasteiger partial charge in [0.1, 0.15) is 17.5 Å². The maximum Gasteiger partial charge on any atom is 1.00 e. The normalized spacial score (nSPS) is 11.2. The third kappa shape index (κ3) is 8.53. The van der Waals surface area contributed by atoms with Gasteiger partial charge in [0.15, 0.2) is 0 Å². The third-order valence-electron chi connectivity index (χ3n) is 6.56. The molecule has 1 amide bonds. The van der Waals surface area contributed by atoms with E-state index in [-0.39, 0.29) is 24.8 Å². The van der Waals surface area contributed by atoms with Crippen LogP contribution in [0.1, 0.15) is 33.5 Å². The van der Waals surface area contributed by atoms with E-state index in [0.29, 0.717) is 17.7 Å². The van der Waals surface area contributed by atoms with E-state index >= 15 is 0 Å². The molecule has 1 unspecified atom stereocenters. The molecule has 0 heterocycles. The van der Waals surface area contributed by atoms with Crippen molar-refractivity contribution in [1.29, 1.82) is 0 Å². The Bertz CT molecular complexity index is 1430. The minimum absolute atomic E-state index is 0. The summed E-state index contributed by atoms with van der Waals surface area (Å²) in [5, 5.41) is 12.4. The van der Waals surface area contributed by atoms with Crippen LogP contribution in [0.3, 0.4) is 0 Å². The summed E-state index contributed by atoms with van der Waals surface area (Å²) in [6.07, 6.45) is 3.87. The van der Waals surface area contributed by atoms with Crippen LogP contribution in [-0.2, 0) is 17.6 Å². The zero-order chi connectivity index (χ0) is 27.6. The number of benzene rings is 4. The average Bonchev–Trinajstić information content (AvgIpc) is 2.95. The first-order valence-corrected chi connectivity index (χ1v) is 14.4. The number of ether oxygens (including phenoxy) is 1. The summed E-state index contributed by atoms with van der Waals surface area (Å²) in [7, 11) is 0. The Hall–Kier alpha value is -3.43. The fourth-order valence-corrected chi connectivity index (χ4v) is 4.92. The smallest absolute Gasteiger partial charge is 0.480 e. The second kappa shape index (κ2) is 15.4. The van der Waals surface area contributed by atoms with Crippen LogP contribution in [-0.4, -0.2) is 35.0 Å². The van der Waals surface area contributed by atoms with Gasteiger partial charge in [-0.2, -0.15) is 11.8 Å². The monoisotopic (exact) mass is 546 g/mol. The molecule has 4 aromatic carbocycles. The molecule has 200 valence electrons. The van der Waals surface area contributed by atoms with Gasteiger partial charge in [-0.25, -0.2) is 4.79 Å². The Labute approximate surface area is 252 Å². The van der Waals surface area contributed by atoms with Gasteiger partial charge in [-0.3, -0.25) is 4.79 Å². The SMILES string of the molecule is CSCCC(NC(=O)c1ccc(CCc2cccc(Oc3ccccc3)c2)cc1-c1ccccc1C)C(=O)O.[Li+]. The number of carbonyl (C=O) groups is 2. The van der Waals surface area contributed by atoms with Crippen LogP contribution >= 0.6 is 11.8 Å². The van der Waals surface area contributed by atoms with E-state index < -0.39 is 12.0 Å². The van der Waals surface area contributed by atoms with Crippen molar-refractivity contribution >= 4 is 23.6 Å². The molecule has 0 bridgehead atoms.